The lowest BCUT2D eigenvalue weighted by molar-refractivity contribution is 0.416. The molecule has 4 heterocycles. The molecule has 0 spiro atoms. The lowest BCUT2D eigenvalue weighted by atomic mass is 10.2. The Hall–Kier alpha value is -3.17. The molecule has 8 nitrogen and oxygen atoms in total. The number of ether oxygens (including phenoxy) is 1. The first-order chi connectivity index (χ1) is 15.2. The van der Waals surface area contributed by atoms with Gasteiger partial charge in [-0.15, -0.1) is 0 Å². The molecule has 5 rings (SSSR count). The van der Waals surface area contributed by atoms with Crippen molar-refractivity contribution in [3.8, 4) is 17.1 Å². The number of nitrogens with one attached hydrogen (secondary N) is 1. The summed E-state index contributed by atoms with van der Waals surface area (Å²) in [5, 5.41) is 7.71. The lowest BCUT2D eigenvalue weighted by Gasteiger charge is -2.29. The zero-order valence-corrected chi connectivity index (χ0v) is 18.6. The molecule has 0 bridgehead atoms. The molecule has 1 aliphatic heterocycles. The smallest absolute Gasteiger partial charge is 0.227 e. The van der Waals surface area contributed by atoms with Gasteiger partial charge in [-0.3, -0.25) is 4.40 Å². The molecule has 3 aromatic heterocycles. The van der Waals surface area contributed by atoms with Crippen LogP contribution in [0.15, 0.2) is 59.5 Å². The first kappa shape index (κ1) is 19.8. The van der Waals surface area contributed by atoms with Crippen LogP contribution in [0.2, 0.25) is 0 Å². The Morgan fingerprint density at radius 1 is 1.06 bits per heavy atom. The maximum Gasteiger partial charge on any atom is 0.227 e. The Balaban J connectivity index is 1.46. The van der Waals surface area contributed by atoms with Gasteiger partial charge in [-0.1, -0.05) is 6.07 Å². The standard InChI is InChI=1S/C22H21BrN7O/c1-31-19-12-15(29-10-7-24-8-11-29)5-6-17(19)27-22-26-13-16(23)21(28-22)18-14-25-20-4-2-3-9-30(18)20/h2-6,9,12-14H,7-8,10-11H2,1H3,(H,26,27,28). The highest BCUT2D eigenvalue weighted by Crippen LogP contribution is 2.33. The second-order valence-corrected chi connectivity index (χ2v) is 7.98. The quantitative estimate of drug-likeness (QED) is 0.470. The van der Waals surface area contributed by atoms with E-state index in [2.05, 4.69) is 47.5 Å². The van der Waals surface area contributed by atoms with E-state index in [-0.39, 0.29) is 0 Å². The van der Waals surface area contributed by atoms with Crippen molar-refractivity contribution in [1.29, 1.82) is 0 Å². The van der Waals surface area contributed by atoms with E-state index < -0.39 is 0 Å². The average molecular weight is 479 g/mol. The number of imidazole rings is 1. The summed E-state index contributed by atoms with van der Waals surface area (Å²) < 4.78 is 8.43. The van der Waals surface area contributed by atoms with Crippen molar-refractivity contribution in [2.75, 3.05) is 43.5 Å². The largest absolute Gasteiger partial charge is 0.494 e. The summed E-state index contributed by atoms with van der Waals surface area (Å²) in [7, 11) is 1.67. The molecular formula is C22H21BrN7O. The van der Waals surface area contributed by atoms with Crippen LogP contribution < -0.4 is 20.3 Å². The van der Waals surface area contributed by atoms with Crippen LogP contribution in [0.25, 0.3) is 17.0 Å². The molecular weight excluding hydrogens is 458 g/mol. The zero-order chi connectivity index (χ0) is 21.2. The third-order valence-corrected chi connectivity index (χ3v) is 5.84. The van der Waals surface area contributed by atoms with Gasteiger partial charge in [0.15, 0.2) is 0 Å². The highest BCUT2D eigenvalue weighted by Gasteiger charge is 2.16. The van der Waals surface area contributed by atoms with Gasteiger partial charge in [0, 0.05) is 50.3 Å². The summed E-state index contributed by atoms with van der Waals surface area (Å²) >= 11 is 3.57. The monoisotopic (exact) mass is 478 g/mol. The first-order valence-corrected chi connectivity index (χ1v) is 10.8. The highest BCUT2D eigenvalue weighted by molar-refractivity contribution is 9.10. The third kappa shape index (κ3) is 3.94. The van der Waals surface area contributed by atoms with E-state index in [4.69, 9.17) is 9.72 Å². The number of methoxy groups -OCH3 is 1. The Bertz CT molecular complexity index is 1220. The number of hydrogen-bond donors (Lipinski definition) is 1. The van der Waals surface area contributed by atoms with Crippen molar-refractivity contribution in [2.24, 2.45) is 0 Å². The minimum Gasteiger partial charge on any atom is -0.494 e. The van der Waals surface area contributed by atoms with Gasteiger partial charge in [-0.05, 0) is 40.2 Å². The van der Waals surface area contributed by atoms with Crippen LogP contribution in [0.5, 0.6) is 5.75 Å². The average Bonchev–Trinajstić information content (AvgIpc) is 3.25. The summed E-state index contributed by atoms with van der Waals surface area (Å²) in [6, 6.07) is 12.0. The molecule has 0 atom stereocenters. The van der Waals surface area contributed by atoms with E-state index in [0.29, 0.717) is 5.95 Å². The summed E-state index contributed by atoms with van der Waals surface area (Å²) in [5.74, 6) is 1.22. The molecule has 1 aromatic carbocycles. The van der Waals surface area contributed by atoms with E-state index in [9.17, 15) is 0 Å². The molecule has 0 saturated carbocycles. The van der Waals surface area contributed by atoms with Crippen molar-refractivity contribution in [2.45, 2.75) is 0 Å². The fourth-order valence-corrected chi connectivity index (χ4v) is 4.07. The summed E-state index contributed by atoms with van der Waals surface area (Å²) in [4.78, 5) is 16.0. The van der Waals surface area contributed by atoms with E-state index in [0.717, 1.165) is 64.8 Å². The minimum absolute atomic E-state index is 0.479. The van der Waals surface area contributed by atoms with E-state index in [1.807, 2.05) is 47.1 Å². The second-order valence-electron chi connectivity index (χ2n) is 7.13. The Kier molecular flexibility index (Phi) is 5.44. The van der Waals surface area contributed by atoms with Crippen LogP contribution in [-0.2, 0) is 0 Å². The van der Waals surface area contributed by atoms with E-state index in [1.165, 1.54) is 0 Å². The number of anilines is 3. The molecule has 157 valence electrons. The van der Waals surface area contributed by atoms with Gasteiger partial charge < -0.3 is 15.0 Å². The molecule has 0 unspecified atom stereocenters. The maximum atomic E-state index is 5.64. The van der Waals surface area contributed by atoms with Gasteiger partial charge >= 0.3 is 0 Å². The Labute approximate surface area is 188 Å². The van der Waals surface area contributed by atoms with Crippen molar-refractivity contribution in [1.82, 2.24) is 24.7 Å². The molecule has 4 aromatic rings. The first-order valence-electron chi connectivity index (χ1n) is 10.0. The van der Waals surface area contributed by atoms with E-state index in [1.54, 1.807) is 13.3 Å². The topological polar surface area (TPSA) is 81.7 Å². The van der Waals surface area contributed by atoms with Crippen molar-refractivity contribution in [3.05, 3.63) is 59.5 Å². The Morgan fingerprint density at radius 3 is 2.77 bits per heavy atom. The number of halogens is 1. The number of pyridine rings is 1. The summed E-state index contributed by atoms with van der Waals surface area (Å²) in [6.45, 7) is 3.57. The second kappa shape index (κ2) is 8.52. The predicted molar refractivity (Wildman–Crippen MR) is 124 cm³/mol. The molecule has 1 aliphatic rings. The number of piperazine rings is 1. The van der Waals surface area contributed by atoms with E-state index >= 15 is 0 Å². The van der Waals surface area contributed by atoms with Crippen molar-refractivity contribution in [3.63, 3.8) is 0 Å². The summed E-state index contributed by atoms with van der Waals surface area (Å²) in [6.07, 6.45) is 5.52. The van der Waals surface area contributed by atoms with Crippen molar-refractivity contribution >= 4 is 38.9 Å². The number of rotatable bonds is 5. The number of nitrogens with zero attached hydrogens (tertiary/aromatic N) is 6. The molecule has 0 aliphatic carbocycles. The van der Waals surface area contributed by atoms with Gasteiger partial charge in [0.2, 0.25) is 5.95 Å². The molecule has 1 radical (unpaired) electrons. The lowest BCUT2D eigenvalue weighted by Crippen LogP contribution is -2.40. The van der Waals surface area contributed by atoms with Crippen LogP contribution in [0.3, 0.4) is 0 Å². The normalized spacial score (nSPS) is 14.1. The Morgan fingerprint density at radius 2 is 1.94 bits per heavy atom. The molecule has 1 fully saturated rings. The molecule has 1 saturated heterocycles. The van der Waals surface area contributed by atoms with Gasteiger partial charge in [0.05, 0.1) is 29.2 Å². The number of aromatic nitrogens is 4. The third-order valence-electron chi connectivity index (χ3n) is 5.26. The predicted octanol–water partition coefficient (Wildman–Crippen LogP) is 3.73. The van der Waals surface area contributed by atoms with Crippen LogP contribution in [0.4, 0.5) is 17.3 Å². The van der Waals surface area contributed by atoms with Gasteiger partial charge in [0.1, 0.15) is 17.1 Å². The van der Waals surface area contributed by atoms with Crippen LogP contribution in [0.1, 0.15) is 0 Å². The van der Waals surface area contributed by atoms with Gasteiger partial charge in [0.25, 0.3) is 0 Å². The fraction of sp³-hybridized carbons (Fsp3) is 0.227. The molecule has 9 heteroatoms. The van der Waals surface area contributed by atoms with Gasteiger partial charge in [-0.2, -0.15) is 0 Å². The van der Waals surface area contributed by atoms with Crippen LogP contribution in [-0.4, -0.2) is 52.6 Å². The maximum absolute atomic E-state index is 5.64. The number of benzene rings is 1. The summed E-state index contributed by atoms with van der Waals surface area (Å²) in [5.41, 5.74) is 4.43. The van der Waals surface area contributed by atoms with Crippen LogP contribution >= 0.6 is 15.9 Å². The molecule has 1 N–H and O–H groups in total. The minimum atomic E-state index is 0.479. The molecule has 31 heavy (non-hydrogen) atoms. The molecule has 0 amide bonds. The van der Waals surface area contributed by atoms with Gasteiger partial charge in [-0.25, -0.2) is 20.3 Å². The number of fused-ring (bicyclic) bond motifs is 1. The number of hydrogen-bond acceptors (Lipinski definition) is 6. The van der Waals surface area contributed by atoms with Crippen molar-refractivity contribution < 1.29 is 4.74 Å². The SMILES string of the molecule is COc1cc(N2CC[N]CC2)ccc1Nc1ncc(Br)c(-c2cnc3ccccn23)n1. The zero-order valence-electron chi connectivity index (χ0n) is 17.0. The van der Waals surface area contributed by atoms with Crippen LogP contribution in [0, 0.1) is 0 Å². The fourth-order valence-electron chi connectivity index (χ4n) is 3.68. The highest BCUT2D eigenvalue weighted by atomic mass is 79.9.